The lowest BCUT2D eigenvalue weighted by atomic mass is 9.94. The summed E-state index contributed by atoms with van der Waals surface area (Å²) in [7, 11) is 0. The molecule has 5 heteroatoms. The molecule has 0 radical (unpaired) electrons. The molecule has 0 spiro atoms. The molecule has 2 heterocycles. The minimum atomic E-state index is 0.438. The van der Waals surface area contributed by atoms with Gasteiger partial charge in [0.15, 0.2) is 0 Å². The van der Waals surface area contributed by atoms with E-state index in [0.29, 0.717) is 16.7 Å². The maximum atomic E-state index is 10.4. The first-order valence-electron chi connectivity index (χ1n) is 16.3. The largest absolute Gasteiger partial charge is 0.309 e. The van der Waals surface area contributed by atoms with Gasteiger partial charge in [0, 0.05) is 32.8 Å². The fraction of sp³-hybridized carbons (Fsp3) is 0. The predicted molar refractivity (Wildman–Crippen MR) is 200 cm³/mol. The first kappa shape index (κ1) is 28.8. The van der Waals surface area contributed by atoms with Crippen LogP contribution in [0.5, 0.6) is 0 Å². The third kappa shape index (κ3) is 4.38. The van der Waals surface area contributed by atoms with Gasteiger partial charge in [0.05, 0.1) is 62.7 Å². The molecule has 0 saturated carbocycles. The van der Waals surface area contributed by atoms with E-state index >= 15 is 0 Å². The maximum Gasteiger partial charge on any atom is 0.0999 e. The molecular weight excluding hydrogens is 611 g/mol. The zero-order valence-corrected chi connectivity index (χ0v) is 26.7. The summed E-state index contributed by atoms with van der Waals surface area (Å²) in [5.41, 5.74) is 11.3. The SMILES string of the molecule is N#Cc1cc(C#N)c(-c2ccc(-c3ccc(-n4c5ccccc5c5cc(C#N)ccc54)cc3)cc2)c(-n2c3ccccc3c3ccccc32)c1. The van der Waals surface area contributed by atoms with Crippen molar-refractivity contribution in [3.05, 3.63) is 168 Å². The van der Waals surface area contributed by atoms with Gasteiger partial charge in [0.1, 0.15) is 0 Å². The molecule has 9 aromatic rings. The first-order valence-corrected chi connectivity index (χ1v) is 16.3. The molecule has 2 aromatic heterocycles. The number of fused-ring (bicyclic) bond motifs is 6. The van der Waals surface area contributed by atoms with Gasteiger partial charge in [0.2, 0.25) is 0 Å². The van der Waals surface area contributed by atoms with Gasteiger partial charge in [-0.2, -0.15) is 15.8 Å². The number of hydrogen-bond acceptors (Lipinski definition) is 3. The molecule has 0 N–H and O–H groups in total. The summed E-state index contributed by atoms with van der Waals surface area (Å²) >= 11 is 0. The van der Waals surface area contributed by atoms with Crippen LogP contribution >= 0.6 is 0 Å². The van der Waals surface area contributed by atoms with Crippen molar-refractivity contribution in [2.45, 2.75) is 0 Å². The molecule has 50 heavy (non-hydrogen) atoms. The summed E-state index contributed by atoms with van der Waals surface area (Å²) in [5, 5.41) is 34.2. The Kier molecular flexibility index (Phi) is 6.56. The van der Waals surface area contributed by atoms with Crippen molar-refractivity contribution >= 4 is 43.6 Å². The Morgan fingerprint density at radius 3 is 1.46 bits per heavy atom. The van der Waals surface area contributed by atoms with Crippen molar-refractivity contribution in [1.29, 1.82) is 15.8 Å². The topological polar surface area (TPSA) is 81.2 Å². The van der Waals surface area contributed by atoms with E-state index in [1.165, 1.54) is 0 Å². The molecule has 0 amide bonds. The van der Waals surface area contributed by atoms with Crippen LogP contribution in [0.2, 0.25) is 0 Å². The predicted octanol–water partition coefficient (Wildman–Crippen LogP) is 10.8. The molecule has 230 valence electrons. The Morgan fingerprint density at radius 2 is 0.880 bits per heavy atom. The highest BCUT2D eigenvalue weighted by Gasteiger charge is 2.20. The van der Waals surface area contributed by atoms with Gasteiger partial charge < -0.3 is 9.13 Å². The van der Waals surface area contributed by atoms with Crippen LogP contribution in [0, 0.1) is 34.0 Å². The van der Waals surface area contributed by atoms with Gasteiger partial charge in [0.25, 0.3) is 0 Å². The highest BCUT2D eigenvalue weighted by atomic mass is 15.0. The lowest BCUT2D eigenvalue weighted by Crippen LogP contribution is -2.01. The Bertz CT molecular complexity index is 2890. The minimum Gasteiger partial charge on any atom is -0.309 e. The normalized spacial score (nSPS) is 11.1. The monoisotopic (exact) mass is 635 g/mol. The fourth-order valence-corrected chi connectivity index (χ4v) is 7.39. The zero-order chi connectivity index (χ0) is 33.8. The minimum absolute atomic E-state index is 0.438. The smallest absolute Gasteiger partial charge is 0.0999 e. The van der Waals surface area contributed by atoms with E-state index in [-0.39, 0.29) is 0 Å². The van der Waals surface area contributed by atoms with Crippen LogP contribution in [-0.2, 0) is 0 Å². The Hall–Kier alpha value is -7.39. The second-order valence-corrected chi connectivity index (χ2v) is 12.3. The molecule has 0 fully saturated rings. The van der Waals surface area contributed by atoms with E-state index in [1.807, 2.05) is 60.7 Å². The van der Waals surface area contributed by atoms with Crippen molar-refractivity contribution in [2.24, 2.45) is 0 Å². The number of hydrogen-bond donors (Lipinski definition) is 0. The average Bonchev–Trinajstić information content (AvgIpc) is 3.70. The average molecular weight is 636 g/mol. The van der Waals surface area contributed by atoms with Gasteiger partial charge in [-0.15, -0.1) is 0 Å². The van der Waals surface area contributed by atoms with Crippen molar-refractivity contribution in [3.63, 3.8) is 0 Å². The first-order chi connectivity index (χ1) is 24.7. The molecule has 0 aliphatic carbocycles. The number of para-hydroxylation sites is 3. The molecule has 0 saturated heterocycles. The summed E-state index contributed by atoms with van der Waals surface area (Å²) in [6.07, 6.45) is 0. The van der Waals surface area contributed by atoms with Crippen LogP contribution in [0.15, 0.2) is 152 Å². The molecule has 0 bridgehead atoms. The van der Waals surface area contributed by atoms with Crippen LogP contribution in [0.1, 0.15) is 16.7 Å². The van der Waals surface area contributed by atoms with Crippen LogP contribution < -0.4 is 0 Å². The number of aromatic nitrogens is 2. The van der Waals surface area contributed by atoms with Gasteiger partial charge >= 0.3 is 0 Å². The third-order valence-corrected chi connectivity index (χ3v) is 9.62. The zero-order valence-electron chi connectivity index (χ0n) is 26.7. The second-order valence-electron chi connectivity index (χ2n) is 12.3. The quantitative estimate of drug-likeness (QED) is 0.193. The van der Waals surface area contributed by atoms with Crippen LogP contribution in [0.3, 0.4) is 0 Å². The van der Waals surface area contributed by atoms with Crippen molar-refractivity contribution in [3.8, 4) is 51.8 Å². The Labute approximate surface area is 287 Å². The second kappa shape index (κ2) is 11.4. The standard InChI is InChI=1S/C45H25N5/c46-26-29-13-22-43-39(24-29)38-9-3-4-10-40(38)49(43)35-20-18-32(19-21-35)31-14-16-33(17-15-31)45-34(28-48)23-30(27-47)25-44(45)50-41-11-5-1-7-36(41)37-8-2-6-12-42(37)50/h1-25H. The van der Waals surface area contributed by atoms with Crippen LogP contribution in [0.4, 0.5) is 0 Å². The Balaban J connectivity index is 1.15. The summed E-state index contributed by atoms with van der Waals surface area (Å²) in [4.78, 5) is 0. The molecule has 0 atom stereocenters. The van der Waals surface area contributed by atoms with E-state index < -0.39 is 0 Å². The molecule has 0 aliphatic heterocycles. The molecular formula is C45H25N5. The van der Waals surface area contributed by atoms with Crippen molar-refractivity contribution < 1.29 is 0 Å². The van der Waals surface area contributed by atoms with Crippen molar-refractivity contribution in [2.75, 3.05) is 0 Å². The van der Waals surface area contributed by atoms with Gasteiger partial charge in [-0.1, -0.05) is 91.0 Å². The highest BCUT2D eigenvalue weighted by Crippen LogP contribution is 2.39. The molecule has 0 unspecified atom stereocenters. The maximum absolute atomic E-state index is 10.4. The van der Waals surface area contributed by atoms with Crippen LogP contribution in [-0.4, -0.2) is 9.13 Å². The van der Waals surface area contributed by atoms with Gasteiger partial charge in [-0.3, -0.25) is 0 Å². The van der Waals surface area contributed by atoms with Gasteiger partial charge in [-0.25, -0.2) is 0 Å². The van der Waals surface area contributed by atoms with Crippen molar-refractivity contribution in [1.82, 2.24) is 9.13 Å². The molecule has 9 rings (SSSR count). The summed E-state index contributed by atoms with van der Waals surface area (Å²) in [5.74, 6) is 0. The third-order valence-electron chi connectivity index (χ3n) is 9.62. The molecule has 5 nitrogen and oxygen atoms in total. The Morgan fingerprint density at radius 1 is 0.380 bits per heavy atom. The highest BCUT2D eigenvalue weighted by molar-refractivity contribution is 6.11. The summed E-state index contributed by atoms with van der Waals surface area (Å²) in [6, 6.07) is 57.9. The number of benzene rings is 7. The van der Waals surface area contributed by atoms with Gasteiger partial charge in [-0.05, 0) is 77.4 Å². The number of rotatable bonds is 4. The molecule has 7 aromatic carbocycles. The fourth-order valence-electron chi connectivity index (χ4n) is 7.39. The van der Waals surface area contributed by atoms with E-state index in [9.17, 15) is 15.8 Å². The summed E-state index contributed by atoms with van der Waals surface area (Å²) in [6.45, 7) is 0. The van der Waals surface area contributed by atoms with E-state index in [1.54, 1.807) is 6.07 Å². The van der Waals surface area contributed by atoms with E-state index in [0.717, 1.165) is 77.2 Å². The van der Waals surface area contributed by atoms with E-state index in [4.69, 9.17) is 0 Å². The van der Waals surface area contributed by atoms with Crippen LogP contribution in [0.25, 0.3) is 77.2 Å². The lowest BCUT2D eigenvalue weighted by molar-refractivity contribution is 1.17. The lowest BCUT2D eigenvalue weighted by Gasteiger charge is -2.17. The van der Waals surface area contributed by atoms with E-state index in [2.05, 4.69) is 112 Å². The summed E-state index contributed by atoms with van der Waals surface area (Å²) < 4.78 is 4.41. The molecule has 0 aliphatic rings. The number of nitriles is 3. The number of nitrogens with zero attached hydrogens (tertiary/aromatic N) is 5.